The lowest BCUT2D eigenvalue weighted by Gasteiger charge is -2.20. The van der Waals surface area contributed by atoms with E-state index < -0.39 is 0 Å². The van der Waals surface area contributed by atoms with Crippen molar-refractivity contribution in [1.82, 2.24) is 14.9 Å². The standard InChI is InChI=1S/C14H22ClN5O/c1-16-12-13(15)18-10-19-14(12)17-7-6-11(21)20-8-4-2-3-5-9-20/h10,16H,2-9H2,1H3,(H,17,18,19). The summed E-state index contributed by atoms with van der Waals surface area (Å²) in [6.07, 6.45) is 6.56. The van der Waals surface area contributed by atoms with Gasteiger partial charge in [0, 0.05) is 33.1 Å². The first kappa shape index (κ1) is 15.8. The molecule has 0 saturated carbocycles. The summed E-state index contributed by atoms with van der Waals surface area (Å²) >= 11 is 5.98. The molecule has 0 aromatic carbocycles. The van der Waals surface area contributed by atoms with Gasteiger partial charge in [-0.2, -0.15) is 0 Å². The molecule has 7 heteroatoms. The molecule has 1 saturated heterocycles. The molecule has 0 aliphatic carbocycles. The minimum atomic E-state index is 0.204. The van der Waals surface area contributed by atoms with Crippen LogP contribution >= 0.6 is 11.6 Å². The Labute approximate surface area is 130 Å². The molecule has 1 aliphatic heterocycles. The van der Waals surface area contributed by atoms with E-state index in [9.17, 15) is 4.79 Å². The van der Waals surface area contributed by atoms with Gasteiger partial charge in [0.1, 0.15) is 12.0 Å². The summed E-state index contributed by atoms with van der Waals surface area (Å²) in [4.78, 5) is 22.2. The highest BCUT2D eigenvalue weighted by Crippen LogP contribution is 2.25. The Bertz CT molecular complexity index is 474. The number of likely N-dealkylation sites (tertiary alicyclic amines) is 1. The predicted octanol–water partition coefficient (Wildman–Crippen LogP) is 2.38. The van der Waals surface area contributed by atoms with Crippen LogP contribution in [0.5, 0.6) is 0 Å². The predicted molar refractivity (Wildman–Crippen MR) is 84.7 cm³/mol. The lowest BCUT2D eigenvalue weighted by Crippen LogP contribution is -2.33. The van der Waals surface area contributed by atoms with Gasteiger partial charge in [0.15, 0.2) is 11.0 Å². The lowest BCUT2D eigenvalue weighted by atomic mass is 10.2. The van der Waals surface area contributed by atoms with Crippen LogP contribution in [0, 0.1) is 0 Å². The molecule has 2 rings (SSSR count). The number of amides is 1. The molecule has 2 N–H and O–H groups in total. The zero-order chi connectivity index (χ0) is 15.1. The van der Waals surface area contributed by atoms with E-state index in [4.69, 9.17) is 11.6 Å². The topological polar surface area (TPSA) is 70.1 Å². The van der Waals surface area contributed by atoms with E-state index in [-0.39, 0.29) is 5.91 Å². The molecule has 0 spiro atoms. The van der Waals surface area contributed by atoms with Gasteiger partial charge in [-0.1, -0.05) is 24.4 Å². The van der Waals surface area contributed by atoms with Gasteiger partial charge in [-0.05, 0) is 12.8 Å². The second-order valence-corrected chi connectivity index (χ2v) is 5.47. The monoisotopic (exact) mass is 311 g/mol. The van der Waals surface area contributed by atoms with Gasteiger partial charge < -0.3 is 15.5 Å². The second-order valence-electron chi connectivity index (χ2n) is 5.11. The van der Waals surface area contributed by atoms with Gasteiger partial charge in [0.05, 0.1) is 0 Å². The fourth-order valence-electron chi connectivity index (χ4n) is 2.49. The lowest BCUT2D eigenvalue weighted by molar-refractivity contribution is -0.130. The molecule has 1 aliphatic rings. The van der Waals surface area contributed by atoms with Crippen LogP contribution in [0.1, 0.15) is 32.1 Å². The van der Waals surface area contributed by atoms with Gasteiger partial charge in [0.2, 0.25) is 5.91 Å². The number of nitrogens with zero attached hydrogens (tertiary/aromatic N) is 3. The second kappa shape index (κ2) is 8.02. The van der Waals surface area contributed by atoms with Gasteiger partial charge in [-0.15, -0.1) is 0 Å². The van der Waals surface area contributed by atoms with E-state index in [0.717, 1.165) is 25.9 Å². The molecule has 6 nitrogen and oxygen atoms in total. The van der Waals surface area contributed by atoms with Gasteiger partial charge in [0.25, 0.3) is 0 Å². The highest BCUT2D eigenvalue weighted by Gasteiger charge is 2.15. The third-order valence-electron chi connectivity index (χ3n) is 3.64. The van der Waals surface area contributed by atoms with Gasteiger partial charge in [-0.25, -0.2) is 9.97 Å². The zero-order valence-corrected chi connectivity index (χ0v) is 13.1. The average Bonchev–Trinajstić information content (AvgIpc) is 2.76. The maximum absolute atomic E-state index is 12.2. The molecule has 0 unspecified atom stereocenters. The number of carbonyl (C=O) groups excluding carboxylic acids is 1. The first-order valence-corrected chi connectivity index (χ1v) is 7.80. The summed E-state index contributed by atoms with van der Waals surface area (Å²) in [5.74, 6) is 0.830. The summed E-state index contributed by atoms with van der Waals surface area (Å²) < 4.78 is 0. The Morgan fingerprint density at radius 1 is 1.29 bits per heavy atom. The zero-order valence-electron chi connectivity index (χ0n) is 12.4. The Morgan fingerprint density at radius 3 is 2.67 bits per heavy atom. The summed E-state index contributed by atoms with van der Waals surface area (Å²) in [7, 11) is 1.76. The van der Waals surface area contributed by atoms with E-state index >= 15 is 0 Å². The van der Waals surface area contributed by atoms with Gasteiger partial charge >= 0.3 is 0 Å². The fraction of sp³-hybridized carbons (Fsp3) is 0.643. The van der Waals surface area contributed by atoms with Crippen LogP contribution in [0.25, 0.3) is 0 Å². The van der Waals surface area contributed by atoms with Crippen molar-refractivity contribution in [3.05, 3.63) is 11.5 Å². The number of nitrogens with one attached hydrogen (secondary N) is 2. The number of hydrogen-bond acceptors (Lipinski definition) is 5. The fourth-order valence-corrected chi connectivity index (χ4v) is 2.71. The smallest absolute Gasteiger partial charge is 0.224 e. The molecular formula is C14H22ClN5O. The highest BCUT2D eigenvalue weighted by molar-refractivity contribution is 6.32. The highest BCUT2D eigenvalue weighted by atomic mass is 35.5. The molecule has 1 aromatic rings. The van der Waals surface area contributed by atoms with Crippen molar-refractivity contribution >= 4 is 29.0 Å². The number of halogens is 1. The van der Waals surface area contributed by atoms with Crippen LogP contribution in [-0.4, -0.2) is 47.5 Å². The minimum Gasteiger partial charge on any atom is -0.383 e. The third kappa shape index (κ3) is 4.46. The molecule has 21 heavy (non-hydrogen) atoms. The summed E-state index contributed by atoms with van der Waals surface area (Å²) in [5.41, 5.74) is 0.654. The van der Waals surface area contributed by atoms with Crippen molar-refractivity contribution in [2.75, 3.05) is 37.3 Å². The number of hydrogen-bond donors (Lipinski definition) is 2. The summed E-state index contributed by atoms with van der Waals surface area (Å²) in [5, 5.41) is 6.47. The SMILES string of the molecule is CNc1c(Cl)ncnc1NCCC(=O)N1CCCCCC1. The molecule has 2 heterocycles. The van der Waals surface area contributed by atoms with Crippen LogP contribution < -0.4 is 10.6 Å². The van der Waals surface area contributed by atoms with E-state index in [1.807, 2.05) is 4.90 Å². The van der Waals surface area contributed by atoms with Gasteiger partial charge in [-0.3, -0.25) is 4.79 Å². The molecule has 0 atom stereocenters. The number of aromatic nitrogens is 2. The molecule has 116 valence electrons. The number of carbonyl (C=O) groups is 1. The number of rotatable bonds is 5. The van der Waals surface area contributed by atoms with E-state index in [1.54, 1.807) is 7.05 Å². The summed E-state index contributed by atoms with van der Waals surface area (Å²) in [6, 6.07) is 0. The maximum atomic E-state index is 12.2. The van der Waals surface area contributed by atoms with Crippen LogP contribution in [0.3, 0.4) is 0 Å². The average molecular weight is 312 g/mol. The van der Waals surface area contributed by atoms with Crippen molar-refractivity contribution in [3.8, 4) is 0 Å². The Kier molecular flexibility index (Phi) is 6.04. The van der Waals surface area contributed by atoms with Crippen molar-refractivity contribution in [2.45, 2.75) is 32.1 Å². The van der Waals surface area contributed by atoms with E-state index in [0.29, 0.717) is 29.6 Å². The molecule has 1 amide bonds. The molecule has 1 aromatic heterocycles. The van der Waals surface area contributed by atoms with Crippen molar-refractivity contribution in [2.24, 2.45) is 0 Å². The quantitative estimate of drug-likeness (QED) is 0.817. The number of anilines is 2. The normalized spacial score (nSPS) is 15.4. The van der Waals surface area contributed by atoms with Crippen molar-refractivity contribution in [3.63, 3.8) is 0 Å². The third-order valence-corrected chi connectivity index (χ3v) is 3.93. The van der Waals surface area contributed by atoms with Crippen LogP contribution in [0.15, 0.2) is 6.33 Å². The van der Waals surface area contributed by atoms with Crippen molar-refractivity contribution in [1.29, 1.82) is 0 Å². The van der Waals surface area contributed by atoms with Crippen LogP contribution in [-0.2, 0) is 4.79 Å². The summed E-state index contributed by atoms with van der Waals surface area (Å²) in [6.45, 7) is 2.32. The van der Waals surface area contributed by atoms with Crippen LogP contribution in [0.4, 0.5) is 11.5 Å². The Balaban J connectivity index is 1.83. The Hall–Kier alpha value is -1.56. The largest absolute Gasteiger partial charge is 0.383 e. The van der Waals surface area contributed by atoms with Crippen LogP contribution in [0.2, 0.25) is 5.15 Å². The first-order valence-electron chi connectivity index (χ1n) is 7.42. The molecule has 1 fully saturated rings. The van der Waals surface area contributed by atoms with E-state index in [1.165, 1.54) is 19.2 Å². The molecular weight excluding hydrogens is 290 g/mol. The molecule has 0 bridgehead atoms. The molecule has 0 radical (unpaired) electrons. The van der Waals surface area contributed by atoms with E-state index in [2.05, 4.69) is 20.6 Å². The Morgan fingerprint density at radius 2 is 2.00 bits per heavy atom. The maximum Gasteiger partial charge on any atom is 0.224 e. The minimum absolute atomic E-state index is 0.204. The van der Waals surface area contributed by atoms with Crippen molar-refractivity contribution < 1.29 is 4.79 Å². The first-order chi connectivity index (χ1) is 10.2.